The predicted molar refractivity (Wildman–Crippen MR) is 73.3 cm³/mol. The number of methoxy groups -OCH3 is 1. The van der Waals surface area contributed by atoms with E-state index in [0.29, 0.717) is 0 Å². The van der Waals surface area contributed by atoms with Crippen molar-refractivity contribution in [1.82, 2.24) is 4.90 Å². The van der Waals surface area contributed by atoms with Crippen molar-refractivity contribution in [3.8, 4) is 0 Å². The Kier molecular flexibility index (Phi) is 5.85. The number of hydrogen-bond donors (Lipinski definition) is 1. The van der Waals surface area contributed by atoms with Gasteiger partial charge in [0.15, 0.2) is 0 Å². The summed E-state index contributed by atoms with van der Waals surface area (Å²) in [7, 11) is 1.71. The average molecular weight is 254 g/mol. The highest BCUT2D eigenvalue weighted by Gasteiger charge is 2.25. The number of hydrogen-bond acceptors (Lipinski definition) is 4. The number of furan rings is 1. The van der Waals surface area contributed by atoms with Gasteiger partial charge in [0.1, 0.15) is 5.76 Å². The fourth-order valence-corrected chi connectivity index (χ4v) is 1.79. The van der Waals surface area contributed by atoms with E-state index in [1.165, 1.54) is 0 Å². The van der Waals surface area contributed by atoms with Gasteiger partial charge in [-0.05, 0) is 38.9 Å². The zero-order valence-electron chi connectivity index (χ0n) is 12.0. The molecule has 0 bridgehead atoms. The van der Waals surface area contributed by atoms with Crippen molar-refractivity contribution < 1.29 is 9.15 Å². The van der Waals surface area contributed by atoms with Crippen LogP contribution in [0.5, 0.6) is 0 Å². The summed E-state index contributed by atoms with van der Waals surface area (Å²) < 4.78 is 10.8. The van der Waals surface area contributed by atoms with Crippen molar-refractivity contribution in [1.29, 1.82) is 0 Å². The standard InChI is InChI=1S/C14H26N2O2/c1-5-16(11-12-7-6-10-18-12)9-8-13(15)14(2,3)17-4/h6-7,10,13H,5,8-9,11,15H2,1-4H3. The lowest BCUT2D eigenvalue weighted by atomic mass is 9.96. The first-order valence-corrected chi connectivity index (χ1v) is 6.55. The van der Waals surface area contributed by atoms with Crippen molar-refractivity contribution >= 4 is 0 Å². The molecule has 0 aliphatic rings. The molecule has 1 atom stereocenters. The Hall–Kier alpha value is -0.840. The van der Waals surface area contributed by atoms with Crippen molar-refractivity contribution in [2.45, 2.75) is 45.4 Å². The molecule has 0 fully saturated rings. The third-order valence-electron chi connectivity index (χ3n) is 3.58. The zero-order chi connectivity index (χ0) is 13.6. The topological polar surface area (TPSA) is 51.6 Å². The minimum absolute atomic E-state index is 0.0353. The third-order valence-corrected chi connectivity index (χ3v) is 3.58. The van der Waals surface area contributed by atoms with E-state index in [1.54, 1.807) is 13.4 Å². The molecular weight excluding hydrogens is 228 g/mol. The quantitative estimate of drug-likeness (QED) is 0.773. The van der Waals surface area contributed by atoms with Crippen LogP contribution < -0.4 is 5.73 Å². The molecule has 1 heterocycles. The van der Waals surface area contributed by atoms with Crippen LogP contribution in [-0.2, 0) is 11.3 Å². The lowest BCUT2D eigenvalue weighted by Crippen LogP contribution is -2.46. The molecule has 0 saturated heterocycles. The Morgan fingerprint density at radius 1 is 1.50 bits per heavy atom. The molecule has 0 aliphatic carbocycles. The molecule has 0 spiro atoms. The van der Waals surface area contributed by atoms with E-state index in [4.69, 9.17) is 14.9 Å². The Balaban J connectivity index is 2.40. The number of nitrogens with two attached hydrogens (primary N) is 1. The lowest BCUT2D eigenvalue weighted by molar-refractivity contribution is -0.00389. The minimum Gasteiger partial charge on any atom is -0.468 e. The summed E-state index contributed by atoms with van der Waals surface area (Å²) >= 11 is 0. The zero-order valence-corrected chi connectivity index (χ0v) is 12.0. The number of ether oxygens (including phenoxy) is 1. The van der Waals surface area contributed by atoms with Crippen LogP contribution in [0.1, 0.15) is 33.0 Å². The summed E-state index contributed by atoms with van der Waals surface area (Å²) in [6, 6.07) is 3.96. The summed E-state index contributed by atoms with van der Waals surface area (Å²) in [4.78, 5) is 2.32. The second kappa shape index (κ2) is 6.92. The van der Waals surface area contributed by atoms with Gasteiger partial charge in [-0.3, -0.25) is 4.90 Å². The van der Waals surface area contributed by atoms with Crippen LogP contribution in [0.15, 0.2) is 22.8 Å². The fourth-order valence-electron chi connectivity index (χ4n) is 1.79. The highest BCUT2D eigenvalue weighted by molar-refractivity contribution is 4.97. The van der Waals surface area contributed by atoms with E-state index >= 15 is 0 Å². The van der Waals surface area contributed by atoms with Gasteiger partial charge in [-0.15, -0.1) is 0 Å². The second-order valence-electron chi connectivity index (χ2n) is 5.15. The van der Waals surface area contributed by atoms with E-state index in [2.05, 4.69) is 11.8 Å². The molecule has 0 saturated carbocycles. The number of nitrogens with zero attached hydrogens (tertiary/aromatic N) is 1. The van der Waals surface area contributed by atoms with E-state index in [0.717, 1.165) is 31.8 Å². The minimum atomic E-state index is -0.274. The van der Waals surface area contributed by atoms with Crippen LogP contribution in [0, 0.1) is 0 Å². The van der Waals surface area contributed by atoms with Gasteiger partial charge in [-0.2, -0.15) is 0 Å². The first-order valence-electron chi connectivity index (χ1n) is 6.55. The summed E-state index contributed by atoms with van der Waals surface area (Å²) in [5.41, 5.74) is 5.89. The monoisotopic (exact) mass is 254 g/mol. The van der Waals surface area contributed by atoms with Gasteiger partial charge < -0.3 is 14.9 Å². The Bertz CT molecular complexity index is 323. The highest BCUT2D eigenvalue weighted by atomic mass is 16.5. The summed E-state index contributed by atoms with van der Waals surface area (Å²) in [5.74, 6) is 0.997. The molecule has 104 valence electrons. The lowest BCUT2D eigenvalue weighted by Gasteiger charge is -2.31. The molecule has 1 rings (SSSR count). The first-order chi connectivity index (χ1) is 8.49. The van der Waals surface area contributed by atoms with Crippen LogP contribution >= 0.6 is 0 Å². The van der Waals surface area contributed by atoms with Crippen LogP contribution in [0.2, 0.25) is 0 Å². The molecule has 18 heavy (non-hydrogen) atoms. The molecule has 0 aromatic carbocycles. The fraction of sp³-hybridized carbons (Fsp3) is 0.714. The normalized spacial score (nSPS) is 14.1. The van der Waals surface area contributed by atoms with E-state index in [-0.39, 0.29) is 11.6 Å². The molecule has 4 heteroatoms. The van der Waals surface area contributed by atoms with Crippen molar-refractivity contribution in [2.75, 3.05) is 20.2 Å². The van der Waals surface area contributed by atoms with Crippen LogP contribution in [0.25, 0.3) is 0 Å². The Morgan fingerprint density at radius 3 is 2.72 bits per heavy atom. The van der Waals surface area contributed by atoms with Gasteiger partial charge in [-0.1, -0.05) is 6.92 Å². The van der Waals surface area contributed by atoms with Crippen molar-refractivity contribution in [2.24, 2.45) is 5.73 Å². The van der Waals surface area contributed by atoms with Crippen molar-refractivity contribution in [3.63, 3.8) is 0 Å². The SMILES string of the molecule is CCN(CCC(N)C(C)(C)OC)Cc1ccco1. The smallest absolute Gasteiger partial charge is 0.117 e. The molecule has 2 N–H and O–H groups in total. The van der Waals surface area contributed by atoms with Gasteiger partial charge in [0.05, 0.1) is 18.4 Å². The first kappa shape index (κ1) is 15.2. The maximum Gasteiger partial charge on any atom is 0.117 e. The second-order valence-corrected chi connectivity index (χ2v) is 5.15. The average Bonchev–Trinajstić information content (AvgIpc) is 2.86. The van der Waals surface area contributed by atoms with Gasteiger partial charge in [0.2, 0.25) is 0 Å². The van der Waals surface area contributed by atoms with E-state index in [9.17, 15) is 0 Å². The molecule has 1 aromatic heterocycles. The van der Waals surface area contributed by atoms with E-state index in [1.807, 2.05) is 26.0 Å². The maximum absolute atomic E-state index is 6.16. The Morgan fingerprint density at radius 2 is 2.22 bits per heavy atom. The molecule has 0 amide bonds. The van der Waals surface area contributed by atoms with Crippen LogP contribution in [-0.4, -0.2) is 36.7 Å². The van der Waals surface area contributed by atoms with Gasteiger partial charge in [0.25, 0.3) is 0 Å². The van der Waals surface area contributed by atoms with Crippen LogP contribution in [0.4, 0.5) is 0 Å². The van der Waals surface area contributed by atoms with E-state index < -0.39 is 0 Å². The summed E-state index contributed by atoms with van der Waals surface area (Å²) in [6.07, 6.45) is 2.62. The van der Waals surface area contributed by atoms with Gasteiger partial charge >= 0.3 is 0 Å². The largest absolute Gasteiger partial charge is 0.468 e. The summed E-state index contributed by atoms with van der Waals surface area (Å²) in [6.45, 7) is 8.98. The maximum atomic E-state index is 6.16. The highest BCUT2D eigenvalue weighted by Crippen LogP contribution is 2.15. The molecule has 1 unspecified atom stereocenters. The van der Waals surface area contributed by atoms with Crippen molar-refractivity contribution in [3.05, 3.63) is 24.2 Å². The molecule has 4 nitrogen and oxygen atoms in total. The van der Waals surface area contributed by atoms with Gasteiger partial charge in [-0.25, -0.2) is 0 Å². The van der Waals surface area contributed by atoms with Gasteiger partial charge in [0, 0.05) is 19.7 Å². The molecule has 1 aromatic rings. The molecular formula is C14H26N2O2. The molecule has 0 aliphatic heterocycles. The van der Waals surface area contributed by atoms with Crippen LogP contribution in [0.3, 0.4) is 0 Å². The Labute approximate surface area is 110 Å². The third kappa shape index (κ3) is 4.44. The number of rotatable bonds is 8. The predicted octanol–water partition coefficient (Wildman–Crippen LogP) is 2.24. The summed E-state index contributed by atoms with van der Waals surface area (Å²) in [5, 5.41) is 0. The molecule has 0 radical (unpaired) electrons.